The number of anilines is 1. The third kappa shape index (κ3) is 3.46. The molecule has 0 atom stereocenters. The topological polar surface area (TPSA) is 48.1 Å². The van der Waals surface area contributed by atoms with Gasteiger partial charge in [-0.25, -0.2) is 4.98 Å². The Morgan fingerprint density at radius 2 is 2.00 bits per heavy atom. The lowest BCUT2D eigenvalue weighted by molar-refractivity contribution is 0.340. The van der Waals surface area contributed by atoms with E-state index >= 15 is 0 Å². The number of nitrogen functional groups attached to an aromatic ring is 1. The minimum Gasteiger partial charge on any atom is -0.494 e. The van der Waals surface area contributed by atoms with Gasteiger partial charge in [-0.05, 0) is 37.5 Å². The molecule has 2 aromatic rings. The fourth-order valence-electron chi connectivity index (χ4n) is 1.62. The number of aryl methyl sites for hydroxylation is 2. The van der Waals surface area contributed by atoms with Crippen molar-refractivity contribution in [2.45, 2.75) is 19.8 Å². The lowest BCUT2D eigenvalue weighted by Crippen LogP contribution is -1.92. The Hall–Kier alpha value is -1.55. The maximum atomic E-state index is 5.59. The lowest BCUT2D eigenvalue weighted by Gasteiger charge is -2.04. The highest BCUT2D eigenvalue weighted by atomic mass is 32.1. The van der Waals surface area contributed by atoms with Crippen molar-refractivity contribution < 1.29 is 4.74 Å². The van der Waals surface area contributed by atoms with Crippen LogP contribution in [0.1, 0.15) is 17.4 Å². The fraction of sp³-hybridized carbons (Fsp3) is 0.308. The minimum atomic E-state index is 0.645. The van der Waals surface area contributed by atoms with Crippen LogP contribution < -0.4 is 10.5 Å². The first-order valence-corrected chi connectivity index (χ1v) is 6.51. The zero-order chi connectivity index (χ0) is 12.1. The molecule has 0 aliphatic heterocycles. The van der Waals surface area contributed by atoms with Crippen LogP contribution in [0.4, 0.5) is 5.13 Å². The van der Waals surface area contributed by atoms with E-state index in [1.807, 2.05) is 25.3 Å². The molecule has 0 saturated heterocycles. The molecule has 0 radical (unpaired) electrons. The molecular weight excluding hydrogens is 232 g/mol. The first kappa shape index (κ1) is 11.9. The van der Waals surface area contributed by atoms with Crippen molar-refractivity contribution in [3.05, 3.63) is 40.9 Å². The zero-order valence-electron chi connectivity index (χ0n) is 9.85. The van der Waals surface area contributed by atoms with Gasteiger partial charge in [0.25, 0.3) is 0 Å². The molecule has 0 bridgehead atoms. The van der Waals surface area contributed by atoms with E-state index in [0.29, 0.717) is 11.7 Å². The van der Waals surface area contributed by atoms with Crippen LogP contribution in [0.5, 0.6) is 5.75 Å². The number of thiazole rings is 1. The van der Waals surface area contributed by atoms with Gasteiger partial charge in [0.15, 0.2) is 5.13 Å². The third-order valence-electron chi connectivity index (χ3n) is 2.47. The van der Waals surface area contributed by atoms with Crippen molar-refractivity contribution in [1.82, 2.24) is 4.98 Å². The molecule has 17 heavy (non-hydrogen) atoms. The van der Waals surface area contributed by atoms with Gasteiger partial charge in [-0.2, -0.15) is 0 Å². The smallest absolute Gasteiger partial charge is 0.180 e. The van der Waals surface area contributed by atoms with Crippen LogP contribution in [0.25, 0.3) is 0 Å². The van der Waals surface area contributed by atoms with Gasteiger partial charge in [0.1, 0.15) is 5.75 Å². The first-order valence-electron chi connectivity index (χ1n) is 5.70. The second-order valence-electron chi connectivity index (χ2n) is 3.74. The van der Waals surface area contributed by atoms with Crippen molar-refractivity contribution in [3.8, 4) is 5.75 Å². The quantitative estimate of drug-likeness (QED) is 0.885. The Labute approximate surface area is 105 Å². The van der Waals surface area contributed by atoms with E-state index in [9.17, 15) is 0 Å². The average molecular weight is 248 g/mol. The SMILES string of the molecule is CCOc1ccc(CCc2cnc(N)s2)cc1. The normalized spacial score (nSPS) is 10.4. The number of rotatable bonds is 5. The number of nitrogens with two attached hydrogens (primary N) is 1. The van der Waals surface area contributed by atoms with E-state index in [1.54, 1.807) is 11.3 Å². The third-order valence-corrected chi connectivity index (χ3v) is 3.35. The Morgan fingerprint density at radius 1 is 1.24 bits per heavy atom. The Balaban J connectivity index is 1.90. The van der Waals surface area contributed by atoms with Gasteiger partial charge in [-0.1, -0.05) is 12.1 Å². The highest BCUT2D eigenvalue weighted by Crippen LogP contribution is 2.18. The Bertz CT molecular complexity index is 465. The predicted molar refractivity (Wildman–Crippen MR) is 71.5 cm³/mol. The summed E-state index contributed by atoms with van der Waals surface area (Å²) in [5, 5.41) is 0.645. The summed E-state index contributed by atoms with van der Waals surface area (Å²) in [5.74, 6) is 0.929. The lowest BCUT2D eigenvalue weighted by atomic mass is 10.1. The summed E-state index contributed by atoms with van der Waals surface area (Å²) in [5.41, 5.74) is 6.90. The van der Waals surface area contributed by atoms with Crippen molar-refractivity contribution in [3.63, 3.8) is 0 Å². The molecule has 2 rings (SSSR count). The predicted octanol–water partition coefficient (Wildman–Crippen LogP) is 2.91. The van der Waals surface area contributed by atoms with Gasteiger partial charge >= 0.3 is 0 Å². The standard InChI is InChI=1S/C13H16N2OS/c1-2-16-11-6-3-10(4-7-11)5-8-12-9-15-13(14)17-12/h3-4,6-7,9H,2,5,8H2,1H3,(H2,14,15). The van der Waals surface area contributed by atoms with Crippen molar-refractivity contribution in [1.29, 1.82) is 0 Å². The van der Waals surface area contributed by atoms with Crippen LogP contribution in [-0.2, 0) is 12.8 Å². The van der Waals surface area contributed by atoms with Gasteiger partial charge in [-0.3, -0.25) is 0 Å². The van der Waals surface area contributed by atoms with E-state index in [0.717, 1.165) is 18.6 Å². The number of hydrogen-bond acceptors (Lipinski definition) is 4. The number of aromatic nitrogens is 1. The maximum absolute atomic E-state index is 5.59. The number of ether oxygens (including phenoxy) is 1. The summed E-state index contributed by atoms with van der Waals surface area (Å²) in [7, 11) is 0. The Kier molecular flexibility index (Phi) is 3.98. The zero-order valence-corrected chi connectivity index (χ0v) is 10.7. The van der Waals surface area contributed by atoms with Crippen LogP contribution >= 0.6 is 11.3 Å². The molecule has 0 aliphatic carbocycles. The number of benzene rings is 1. The van der Waals surface area contributed by atoms with Gasteiger partial charge in [0, 0.05) is 11.1 Å². The first-order chi connectivity index (χ1) is 8.28. The summed E-state index contributed by atoms with van der Waals surface area (Å²) < 4.78 is 5.40. The molecule has 1 heterocycles. The summed E-state index contributed by atoms with van der Waals surface area (Å²) in [4.78, 5) is 5.28. The Morgan fingerprint density at radius 3 is 2.59 bits per heavy atom. The van der Waals surface area contributed by atoms with E-state index < -0.39 is 0 Å². The number of hydrogen-bond donors (Lipinski definition) is 1. The molecule has 3 nitrogen and oxygen atoms in total. The monoisotopic (exact) mass is 248 g/mol. The molecule has 0 fully saturated rings. The summed E-state index contributed by atoms with van der Waals surface area (Å²) in [6, 6.07) is 8.24. The van der Waals surface area contributed by atoms with E-state index in [-0.39, 0.29) is 0 Å². The van der Waals surface area contributed by atoms with Crippen LogP contribution in [0, 0.1) is 0 Å². The van der Waals surface area contributed by atoms with Crippen LogP contribution in [0.15, 0.2) is 30.5 Å². The molecule has 1 aromatic heterocycles. The molecule has 1 aromatic carbocycles. The van der Waals surface area contributed by atoms with Crippen molar-refractivity contribution >= 4 is 16.5 Å². The molecule has 90 valence electrons. The van der Waals surface area contributed by atoms with Gasteiger partial charge in [0.05, 0.1) is 6.61 Å². The highest BCUT2D eigenvalue weighted by Gasteiger charge is 2.00. The number of nitrogens with zero attached hydrogens (tertiary/aromatic N) is 1. The second-order valence-corrected chi connectivity index (χ2v) is 4.89. The summed E-state index contributed by atoms with van der Waals surface area (Å²) >= 11 is 1.56. The summed E-state index contributed by atoms with van der Waals surface area (Å²) in [6.07, 6.45) is 3.85. The molecule has 4 heteroatoms. The fourth-order valence-corrected chi connectivity index (χ4v) is 2.31. The van der Waals surface area contributed by atoms with Gasteiger partial charge in [-0.15, -0.1) is 11.3 Å². The van der Waals surface area contributed by atoms with Crippen molar-refractivity contribution in [2.24, 2.45) is 0 Å². The summed E-state index contributed by atoms with van der Waals surface area (Å²) in [6.45, 7) is 2.70. The van der Waals surface area contributed by atoms with E-state index in [1.165, 1.54) is 10.4 Å². The van der Waals surface area contributed by atoms with Crippen LogP contribution in [0.2, 0.25) is 0 Å². The molecular formula is C13H16N2OS. The molecule has 0 saturated carbocycles. The molecule has 0 amide bonds. The van der Waals surface area contributed by atoms with E-state index in [2.05, 4.69) is 17.1 Å². The molecule has 0 aliphatic rings. The van der Waals surface area contributed by atoms with Gasteiger partial charge in [0.2, 0.25) is 0 Å². The van der Waals surface area contributed by atoms with E-state index in [4.69, 9.17) is 10.5 Å². The van der Waals surface area contributed by atoms with Crippen LogP contribution in [-0.4, -0.2) is 11.6 Å². The molecule has 0 unspecified atom stereocenters. The molecule has 2 N–H and O–H groups in total. The van der Waals surface area contributed by atoms with Crippen molar-refractivity contribution in [2.75, 3.05) is 12.3 Å². The minimum absolute atomic E-state index is 0.645. The highest BCUT2D eigenvalue weighted by molar-refractivity contribution is 7.15. The second kappa shape index (κ2) is 5.68. The van der Waals surface area contributed by atoms with Crippen LogP contribution in [0.3, 0.4) is 0 Å². The largest absolute Gasteiger partial charge is 0.494 e. The maximum Gasteiger partial charge on any atom is 0.180 e. The molecule has 0 spiro atoms. The average Bonchev–Trinajstić information content (AvgIpc) is 2.75. The van der Waals surface area contributed by atoms with Gasteiger partial charge < -0.3 is 10.5 Å².